The van der Waals surface area contributed by atoms with Crippen LogP contribution in [0.2, 0.25) is 0 Å². The van der Waals surface area contributed by atoms with E-state index in [9.17, 15) is 45.6 Å². The summed E-state index contributed by atoms with van der Waals surface area (Å²) in [5.74, 6) is -9.14. The number of imide groups is 2. The Morgan fingerprint density at radius 2 is 1.10 bits per heavy atom. The average molecular weight is 458 g/mol. The highest BCUT2D eigenvalue weighted by molar-refractivity contribution is 7.87. The van der Waals surface area contributed by atoms with E-state index in [2.05, 4.69) is 9.68 Å². The molecule has 29 heavy (non-hydrogen) atoms. The molecule has 2 aliphatic heterocycles. The van der Waals surface area contributed by atoms with E-state index in [1.165, 1.54) is 0 Å². The van der Waals surface area contributed by atoms with Gasteiger partial charge in [0, 0.05) is 0 Å². The Morgan fingerprint density at radius 1 is 0.793 bits per heavy atom. The molecule has 18 heteroatoms. The van der Waals surface area contributed by atoms with Gasteiger partial charge in [-0.25, -0.2) is 9.59 Å². The molecule has 0 saturated carbocycles. The topological polar surface area (TPSA) is 236 Å². The highest BCUT2D eigenvalue weighted by Gasteiger charge is 2.50. The predicted octanol–water partition coefficient (Wildman–Crippen LogP) is -3.68. The number of rotatable bonds is 6. The third-order valence-corrected chi connectivity index (χ3v) is 5.69. The van der Waals surface area contributed by atoms with E-state index >= 15 is 0 Å². The Bertz CT molecular complexity index is 946. The van der Waals surface area contributed by atoms with Crippen LogP contribution in [-0.4, -0.2) is 82.1 Å². The van der Waals surface area contributed by atoms with Crippen molar-refractivity contribution in [3.8, 4) is 0 Å². The molecule has 160 valence electrons. The number of nitrogens with zero attached hydrogens (tertiary/aromatic N) is 2. The van der Waals surface area contributed by atoms with Gasteiger partial charge in [-0.05, 0) is 0 Å². The maximum Gasteiger partial charge on any atom is 0.344 e. The van der Waals surface area contributed by atoms with Crippen LogP contribution in [0.3, 0.4) is 0 Å². The van der Waals surface area contributed by atoms with Crippen molar-refractivity contribution in [2.24, 2.45) is 0 Å². The monoisotopic (exact) mass is 458 g/mol. The highest BCUT2D eigenvalue weighted by atomic mass is 32.2. The summed E-state index contributed by atoms with van der Waals surface area (Å²) < 4.78 is 61.5. The van der Waals surface area contributed by atoms with Gasteiger partial charge in [0.05, 0.1) is 12.8 Å². The molecule has 2 atom stereocenters. The Hall–Kier alpha value is -2.96. The second-order valence-corrected chi connectivity index (χ2v) is 8.77. The van der Waals surface area contributed by atoms with E-state index in [-0.39, 0.29) is 10.1 Å². The lowest BCUT2D eigenvalue weighted by Gasteiger charge is -2.15. The third kappa shape index (κ3) is 4.72. The van der Waals surface area contributed by atoms with Gasteiger partial charge in [-0.1, -0.05) is 0 Å². The van der Waals surface area contributed by atoms with E-state index in [4.69, 9.17) is 9.11 Å². The SMILES string of the molecule is O=C(CC(=O)ON1C(=O)CC(S(=O)(=O)O)C1=O)ON1C(=O)CC(S(=O)(=O)O)C1=O. The Labute approximate surface area is 160 Å². The number of carbonyl (C=O) groups is 6. The zero-order chi connectivity index (χ0) is 22.3. The zero-order valence-electron chi connectivity index (χ0n) is 13.8. The minimum absolute atomic E-state index is 0.297. The van der Waals surface area contributed by atoms with Crippen LogP contribution in [-0.2, 0) is 58.7 Å². The van der Waals surface area contributed by atoms with Crippen LogP contribution in [0.25, 0.3) is 0 Å². The van der Waals surface area contributed by atoms with Crippen LogP contribution in [0.15, 0.2) is 0 Å². The Balaban J connectivity index is 1.97. The first-order valence-corrected chi connectivity index (χ1v) is 10.2. The smallest absolute Gasteiger partial charge is 0.330 e. The normalized spacial score (nSPS) is 23.0. The lowest BCUT2D eigenvalue weighted by molar-refractivity contribution is -0.206. The summed E-state index contributed by atoms with van der Waals surface area (Å²) in [5.41, 5.74) is 0. The van der Waals surface area contributed by atoms with Gasteiger partial charge in [-0.2, -0.15) is 16.8 Å². The molecule has 0 aromatic heterocycles. The minimum atomic E-state index is -4.97. The molecule has 0 aliphatic carbocycles. The maximum absolute atomic E-state index is 11.7. The molecule has 2 rings (SSSR count). The molecule has 0 aromatic rings. The number of hydrogen-bond acceptors (Lipinski definition) is 12. The molecule has 2 N–H and O–H groups in total. The van der Waals surface area contributed by atoms with Gasteiger partial charge in [0.15, 0.2) is 10.5 Å². The molecular formula is C11H10N2O14S2. The first kappa shape index (κ1) is 22.3. The van der Waals surface area contributed by atoms with Crippen molar-refractivity contribution in [1.82, 2.24) is 10.1 Å². The van der Waals surface area contributed by atoms with Gasteiger partial charge in [-0.3, -0.25) is 28.3 Å². The second kappa shape index (κ2) is 7.46. The summed E-state index contributed by atoms with van der Waals surface area (Å²) >= 11 is 0. The van der Waals surface area contributed by atoms with Gasteiger partial charge in [0.1, 0.15) is 6.42 Å². The molecule has 2 aliphatic rings. The van der Waals surface area contributed by atoms with Crippen molar-refractivity contribution in [1.29, 1.82) is 0 Å². The fourth-order valence-electron chi connectivity index (χ4n) is 2.21. The zero-order valence-corrected chi connectivity index (χ0v) is 15.4. The molecule has 0 aromatic carbocycles. The van der Waals surface area contributed by atoms with Crippen LogP contribution < -0.4 is 0 Å². The summed E-state index contributed by atoms with van der Waals surface area (Å²) in [5, 5.41) is -5.00. The van der Waals surface area contributed by atoms with Crippen LogP contribution in [0.1, 0.15) is 19.3 Å². The molecule has 0 spiro atoms. The van der Waals surface area contributed by atoms with Crippen molar-refractivity contribution >= 4 is 55.8 Å². The van der Waals surface area contributed by atoms with Crippen LogP contribution >= 0.6 is 0 Å². The average Bonchev–Trinajstić information content (AvgIpc) is 2.99. The van der Waals surface area contributed by atoms with Crippen molar-refractivity contribution in [2.75, 3.05) is 0 Å². The molecule has 0 radical (unpaired) electrons. The number of carbonyl (C=O) groups excluding carboxylic acids is 6. The molecule has 2 fully saturated rings. The minimum Gasteiger partial charge on any atom is -0.330 e. The summed E-state index contributed by atoms with van der Waals surface area (Å²) in [6.07, 6.45) is -3.45. The first-order chi connectivity index (χ1) is 13.1. The molecule has 2 heterocycles. The predicted molar refractivity (Wildman–Crippen MR) is 80.4 cm³/mol. The van der Waals surface area contributed by atoms with Crippen molar-refractivity contribution in [3.05, 3.63) is 0 Å². The quantitative estimate of drug-likeness (QED) is 0.221. The third-order valence-electron chi connectivity index (χ3n) is 3.52. The lowest BCUT2D eigenvalue weighted by Crippen LogP contribution is -2.39. The standard InChI is InChI=1S/C11H10N2O14S2/c14-6-1-4(28(20,21)22)10(18)12(6)26-8(16)3-9(17)27-13-7(15)2-5(11(13)19)29(23,24)25/h4-5H,1-3H2,(H,20,21,22)(H,23,24,25). The van der Waals surface area contributed by atoms with Crippen LogP contribution in [0.4, 0.5) is 0 Å². The van der Waals surface area contributed by atoms with Crippen LogP contribution in [0.5, 0.6) is 0 Å². The van der Waals surface area contributed by atoms with Gasteiger partial charge < -0.3 is 9.68 Å². The molecular weight excluding hydrogens is 448 g/mol. The van der Waals surface area contributed by atoms with Crippen molar-refractivity contribution < 1.29 is 64.4 Å². The van der Waals surface area contributed by atoms with Crippen molar-refractivity contribution in [3.63, 3.8) is 0 Å². The molecule has 16 nitrogen and oxygen atoms in total. The molecule has 0 bridgehead atoms. The number of amides is 4. The fourth-order valence-corrected chi connectivity index (χ4v) is 3.62. The van der Waals surface area contributed by atoms with Gasteiger partial charge in [0.25, 0.3) is 43.9 Å². The fraction of sp³-hybridized carbons (Fsp3) is 0.455. The van der Waals surface area contributed by atoms with E-state index in [0.29, 0.717) is 0 Å². The van der Waals surface area contributed by atoms with Crippen LogP contribution in [0, 0.1) is 0 Å². The van der Waals surface area contributed by atoms with Gasteiger partial charge in [-0.15, -0.1) is 10.1 Å². The van der Waals surface area contributed by atoms with Gasteiger partial charge in [0.2, 0.25) is 0 Å². The van der Waals surface area contributed by atoms with E-state index in [1.807, 2.05) is 0 Å². The highest BCUT2D eigenvalue weighted by Crippen LogP contribution is 2.21. The summed E-state index contributed by atoms with van der Waals surface area (Å²) in [6.45, 7) is 0. The maximum atomic E-state index is 11.7. The summed E-state index contributed by atoms with van der Waals surface area (Å²) in [6, 6.07) is 0. The van der Waals surface area contributed by atoms with E-state index < -0.39 is 85.6 Å². The first-order valence-electron chi connectivity index (χ1n) is 7.20. The second-order valence-electron chi connectivity index (χ2n) is 5.57. The largest absolute Gasteiger partial charge is 0.344 e. The number of hydroxylamine groups is 4. The van der Waals surface area contributed by atoms with Crippen molar-refractivity contribution in [2.45, 2.75) is 29.8 Å². The summed E-state index contributed by atoms with van der Waals surface area (Å²) in [4.78, 5) is 78.0. The molecule has 2 unspecified atom stereocenters. The lowest BCUT2D eigenvalue weighted by atomic mass is 10.4. The molecule has 4 amide bonds. The number of hydrogen-bond donors (Lipinski definition) is 2. The Morgan fingerprint density at radius 3 is 1.34 bits per heavy atom. The van der Waals surface area contributed by atoms with Gasteiger partial charge >= 0.3 is 11.9 Å². The van der Waals surface area contributed by atoms with E-state index in [0.717, 1.165) is 0 Å². The molecule has 2 saturated heterocycles. The summed E-state index contributed by atoms with van der Waals surface area (Å²) in [7, 11) is -9.94. The van der Waals surface area contributed by atoms with E-state index in [1.54, 1.807) is 0 Å². The Kier molecular flexibility index (Phi) is 5.75.